The second kappa shape index (κ2) is 10.4. The summed E-state index contributed by atoms with van der Waals surface area (Å²) in [4.78, 5) is 45.7. The summed E-state index contributed by atoms with van der Waals surface area (Å²) < 4.78 is 7.78. The van der Waals surface area contributed by atoms with Gasteiger partial charge in [0.05, 0.1) is 31.2 Å². The van der Waals surface area contributed by atoms with Crippen molar-refractivity contribution in [3.63, 3.8) is 0 Å². The molecule has 0 aliphatic heterocycles. The second-order valence-corrected chi connectivity index (χ2v) is 7.49. The third kappa shape index (κ3) is 5.44. The molecule has 4 rings (SSSR count). The van der Waals surface area contributed by atoms with Crippen molar-refractivity contribution >= 4 is 5.91 Å². The average Bonchev–Trinajstić information content (AvgIpc) is 2.87. The van der Waals surface area contributed by atoms with Gasteiger partial charge in [0.25, 0.3) is 11.1 Å². The average molecular weight is 457 g/mol. The molecule has 0 spiro atoms. The Morgan fingerprint density at radius 1 is 0.853 bits per heavy atom. The van der Waals surface area contributed by atoms with E-state index in [9.17, 15) is 14.4 Å². The topological polar surface area (TPSA) is 108 Å². The maximum absolute atomic E-state index is 12.4. The molecule has 34 heavy (non-hydrogen) atoms. The van der Waals surface area contributed by atoms with Crippen molar-refractivity contribution in [2.24, 2.45) is 0 Å². The minimum Gasteiger partial charge on any atom is -0.497 e. The van der Waals surface area contributed by atoms with Crippen molar-refractivity contribution in [2.45, 2.75) is 13.1 Å². The molecule has 0 unspecified atom stereocenters. The van der Waals surface area contributed by atoms with Crippen LogP contribution in [0.1, 0.15) is 0 Å². The number of hydrogen-bond acceptors (Lipinski definition) is 6. The van der Waals surface area contributed by atoms with E-state index in [0.717, 1.165) is 16.9 Å². The zero-order valence-corrected chi connectivity index (χ0v) is 18.5. The Labute approximate surface area is 195 Å². The van der Waals surface area contributed by atoms with Gasteiger partial charge >= 0.3 is 0 Å². The molecule has 0 saturated carbocycles. The third-order valence-corrected chi connectivity index (χ3v) is 5.20. The molecule has 1 N–H and O–H groups in total. The zero-order valence-electron chi connectivity index (χ0n) is 18.5. The van der Waals surface area contributed by atoms with E-state index >= 15 is 0 Å². The number of hydrogen-bond donors (Lipinski definition) is 1. The number of benzene rings is 2. The highest BCUT2D eigenvalue weighted by Gasteiger charge is 2.08. The molecule has 0 atom stereocenters. The van der Waals surface area contributed by atoms with Crippen LogP contribution in [-0.2, 0) is 17.9 Å². The number of nitrogens with one attached hydrogen (secondary N) is 1. The van der Waals surface area contributed by atoms with Gasteiger partial charge in [0.2, 0.25) is 5.91 Å². The largest absolute Gasteiger partial charge is 0.497 e. The molecule has 2 heterocycles. The van der Waals surface area contributed by atoms with Crippen LogP contribution in [0.3, 0.4) is 0 Å². The van der Waals surface area contributed by atoms with Crippen LogP contribution in [0.2, 0.25) is 0 Å². The number of rotatable bonds is 8. The summed E-state index contributed by atoms with van der Waals surface area (Å²) >= 11 is 0. The first-order valence-electron chi connectivity index (χ1n) is 10.6. The summed E-state index contributed by atoms with van der Waals surface area (Å²) in [5.41, 5.74) is 2.18. The van der Waals surface area contributed by atoms with E-state index in [4.69, 9.17) is 4.74 Å². The summed E-state index contributed by atoms with van der Waals surface area (Å²) in [6.45, 7) is 0.303. The fourth-order valence-corrected chi connectivity index (χ4v) is 3.35. The molecule has 1 amide bonds. The maximum Gasteiger partial charge on any atom is 0.254 e. The van der Waals surface area contributed by atoms with Crippen molar-refractivity contribution in [3.8, 4) is 28.3 Å². The fraction of sp³-hybridized carbons (Fsp3) is 0.160. The predicted molar refractivity (Wildman–Crippen MR) is 127 cm³/mol. The Morgan fingerprint density at radius 3 is 2.03 bits per heavy atom. The molecule has 4 aromatic rings. The van der Waals surface area contributed by atoms with Gasteiger partial charge in [-0.05, 0) is 24.3 Å². The molecule has 9 heteroatoms. The fourth-order valence-electron chi connectivity index (χ4n) is 3.35. The van der Waals surface area contributed by atoms with Crippen molar-refractivity contribution in [2.75, 3.05) is 13.7 Å². The van der Waals surface area contributed by atoms with Crippen LogP contribution >= 0.6 is 0 Å². The zero-order chi connectivity index (χ0) is 23.9. The normalized spacial score (nSPS) is 10.6. The van der Waals surface area contributed by atoms with Crippen LogP contribution in [0.5, 0.6) is 5.75 Å². The quantitative estimate of drug-likeness (QED) is 0.433. The van der Waals surface area contributed by atoms with Crippen LogP contribution in [0.15, 0.2) is 89.0 Å². The van der Waals surface area contributed by atoms with Gasteiger partial charge in [0, 0.05) is 36.3 Å². The number of nitrogens with zero attached hydrogens (tertiary/aromatic N) is 4. The van der Waals surface area contributed by atoms with Crippen molar-refractivity contribution in [1.82, 2.24) is 24.4 Å². The minimum atomic E-state index is -0.354. The van der Waals surface area contributed by atoms with E-state index in [-0.39, 0.29) is 36.7 Å². The molecule has 0 radical (unpaired) electrons. The lowest BCUT2D eigenvalue weighted by atomic mass is 10.1. The molecular weight excluding hydrogens is 434 g/mol. The van der Waals surface area contributed by atoms with Gasteiger partial charge in [-0.2, -0.15) is 0 Å². The number of carbonyl (C=O) groups is 1. The van der Waals surface area contributed by atoms with E-state index in [0.29, 0.717) is 11.4 Å². The van der Waals surface area contributed by atoms with Gasteiger partial charge in [-0.25, -0.2) is 9.97 Å². The van der Waals surface area contributed by atoms with E-state index in [1.165, 1.54) is 33.9 Å². The molecular formula is C25H23N5O4. The molecule has 0 bridgehead atoms. The Bertz CT molecular complexity index is 1400. The Kier molecular flexibility index (Phi) is 6.92. The number of carbonyl (C=O) groups excluding carboxylic acids is 1. The first kappa shape index (κ1) is 22.7. The van der Waals surface area contributed by atoms with Crippen LogP contribution in [0.4, 0.5) is 0 Å². The lowest BCUT2D eigenvalue weighted by molar-refractivity contribution is -0.121. The summed E-state index contributed by atoms with van der Waals surface area (Å²) in [6.07, 6.45) is 2.81. The molecule has 0 aliphatic rings. The standard InChI is InChI=1S/C25H23N5O4/c1-34-20-9-7-19(8-10-20)22-13-24(32)29(16-27-22)12-11-26-23(31)15-30-17-28-21(14-25(30)33)18-5-3-2-4-6-18/h2-10,13-14,16-17H,11-12,15H2,1H3,(H,26,31). The van der Waals surface area contributed by atoms with Crippen LogP contribution in [0.25, 0.3) is 22.5 Å². The van der Waals surface area contributed by atoms with Crippen molar-refractivity contribution in [3.05, 3.63) is 100 Å². The molecule has 0 fully saturated rings. The molecule has 2 aromatic carbocycles. The summed E-state index contributed by atoms with van der Waals surface area (Å²) in [5.74, 6) is 0.366. The molecule has 2 aromatic heterocycles. The predicted octanol–water partition coefficient (Wildman–Crippen LogP) is 1.96. The smallest absolute Gasteiger partial charge is 0.254 e. The Morgan fingerprint density at radius 2 is 1.44 bits per heavy atom. The van der Waals surface area contributed by atoms with E-state index < -0.39 is 0 Å². The lowest BCUT2D eigenvalue weighted by Crippen LogP contribution is -2.35. The van der Waals surface area contributed by atoms with Crippen LogP contribution in [0, 0.1) is 0 Å². The third-order valence-electron chi connectivity index (χ3n) is 5.20. The molecule has 172 valence electrons. The summed E-state index contributed by atoms with van der Waals surface area (Å²) in [5, 5.41) is 2.71. The Balaban J connectivity index is 1.32. The lowest BCUT2D eigenvalue weighted by Gasteiger charge is -2.10. The van der Waals surface area contributed by atoms with E-state index in [2.05, 4.69) is 15.3 Å². The Hall–Kier alpha value is -4.53. The van der Waals surface area contributed by atoms with Crippen LogP contribution in [-0.4, -0.2) is 38.7 Å². The number of aromatic nitrogens is 4. The number of amides is 1. The molecule has 0 saturated heterocycles. The molecule has 0 aliphatic carbocycles. The monoisotopic (exact) mass is 457 g/mol. The summed E-state index contributed by atoms with van der Waals surface area (Å²) in [6, 6.07) is 19.4. The number of methoxy groups -OCH3 is 1. The minimum absolute atomic E-state index is 0.162. The van der Waals surface area contributed by atoms with Gasteiger partial charge in [0.1, 0.15) is 12.3 Å². The highest BCUT2D eigenvalue weighted by Crippen LogP contribution is 2.19. The van der Waals surface area contributed by atoms with Gasteiger partial charge in [0.15, 0.2) is 0 Å². The van der Waals surface area contributed by atoms with Crippen molar-refractivity contribution in [1.29, 1.82) is 0 Å². The van der Waals surface area contributed by atoms with Crippen molar-refractivity contribution < 1.29 is 9.53 Å². The second-order valence-electron chi connectivity index (χ2n) is 7.49. The first-order valence-corrected chi connectivity index (χ1v) is 10.6. The van der Waals surface area contributed by atoms with Crippen LogP contribution < -0.4 is 21.2 Å². The van der Waals surface area contributed by atoms with Gasteiger partial charge < -0.3 is 10.1 Å². The highest BCUT2D eigenvalue weighted by atomic mass is 16.5. The van der Waals surface area contributed by atoms with Gasteiger partial charge in [-0.3, -0.25) is 23.5 Å². The van der Waals surface area contributed by atoms with Gasteiger partial charge in [-0.1, -0.05) is 30.3 Å². The summed E-state index contributed by atoms with van der Waals surface area (Å²) in [7, 11) is 1.59. The highest BCUT2D eigenvalue weighted by molar-refractivity contribution is 5.75. The maximum atomic E-state index is 12.4. The van der Waals surface area contributed by atoms with E-state index in [1.54, 1.807) is 19.2 Å². The van der Waals surface area contributed by atoms with Gasteiger partial charge in [-0.15, -0.1) is 0 Å². The van der Waals surface area contributed by atoms with E-state index in [1.807, 2.05) is 42.5 Å². The SMILES string of the molecule is COc1ccc(-c2cc(=O)n(CCNC(=O)Cn3cnc(-c4ccccc4)cc3=O)cn2)cc1. The first-order chi connectivity index (χ1) is 16.5. The molecule has 9 nitrogen and oxygen atoms in total. The number of ether oxygens (including phenoxy) is 1.